The van der Waals surface area contributed by atoms with E-state index in [1.165, 1.54) is 14.1 Å². The lowest BCUT2D eigenvalue weighted by Crippen LogP contribution is -2.24. The molecule has 21 heavy (non-hydrogen) atoms. The third-order valence-corrected chi connectivity index (χ3v) is 3.83. The lowest BCUT2D eigenvalue weighted by Gasteiger charge is -2.11. The molecule has 2 amide bonds. The summed E-state index contributed by atoms with van der Waals surface area (Å²) in [5.41, 5.74) is -0.193. The van der Waals surface area contributed by atoms with Gasteiger partial charge in [-0.1, -0.05) is 0 Å². The van der Waals surface area contributed by atoms with E-state index in [4.69, 9.17) is 0 Å². The van der Waals surface area contributed by atoms with Gasteiger partial charge >= 0.3 is 0 Å². The molecule has 1 heterocycles. The fourth-order valence-corrected chi connectivity index (χ4v) is 2.58. The van der Waals surface area contributed by atoms with Gasteiger partial charge < -0.3 is 10.6 Å². The summed E-state index contributed by atoms with van der Waals surface area (Å²) in [5.74, 6) is -1.78. The summed E-state index contributed by atoms with van der Waals surface area (Å²) in [6, 6.07) is 0. The number of allylic oxidation sites excluding steroid dienone is 2. The fraction of sp³-hybridized carbons (Fsp3) is 0.250. The fourth-order valence-electron chi connectivity index (χ4n) is 1.73. The Hall–Kier alpha value is -2.42. The van der Waals surface area contributed by atoms with Gasteiger partial charge in [0.1, 0.15) is 11.4 Å². The Balaban J connectivity index is 2.33. The topological polar surface area (TPSA) is 121 Å². The summed E-state index contributed by atoms with van der Waals surface area (Å²) in [5, 5.41) is 10.9. The second kappa shape index (κ2) is 5.92. The number of H-pyrrole nitrogens is 1. The highest BCUT2D eigenvalue weighted by Gasteiger charge is 2.33. The maximum atomic E-state index is 12.4. The van der Waals surface area contributed by atoms with E-state index >= 15 is 0 Å². The van der Waals surface area contributed by atoms with Crippen LogP contribution < -0.4 is 10.6 Å². The van der Waals surface area contributed by atoms with E-state index < -0.39 is 17.5 Å². The molecule has 0 unspecified atom stereocenters. The van der Waals surface area contributed by atoms with E-state index in [1.54, 1.807) is 0 Å². The van der Waals surface area contributed by atoms with Crippen LogP contribution in [-0.2, 0) is 4.79 Å². The molecule has 0 aliphatic heterocycles. The SMILES string of the molecule is CNC(=O)CSC1=CC(=O)c2n[nH]c(C(=O)NC)c2C1=O. The van der Waals surface area contributed by atoms with E-state index in [9.17, 15) is 19.2 Å². The van der Waals surface area contributed by atoms with Crippen LogP contribution in [0.1, 0.15) is 31.3 Å². The van der Waals surface area contributed by atoms with Gasteiger partial charge in [-0.25, -0.2) is 0 Å². The van der Waals surface area contributed by atoms with Crippen LogP contribution in [0.3, 0.4) is 0 Å². The third-order valence-electron chi connectivity index (χ3n) is 2.80. The number of rotatable bonds is 4. The van der Waals surface area contributed by atoms with E-state index in [0.29, 0.717) is 0 Å². The number of aromatic nitrogens is 2. The molecule has 0 saturated heterocycles. The van der Waals surface area contributed by atoms with E-state index in [1.807, 2.05) is 0 Å². The van der Waals surface area contributed by atoms with E-state index in [0.717, 1.165) is 17.8 Å². The second-order valence-electron chi connectivity index (χ2n) is 4.07. The molecule has 3 N–H and O–H groups in total. The molecule has 8 nitrogen and oxygen atoms in total. The average molecular weight is 308 g/mol. The first-order valence-corrected chi connectivity index (χ1v) is 6.92. The molecular weight excluding hydrogens is 296 g/mol. The van der Waals surface area contributed by atoms with Gasteiger partial charge in [-0.05, 0) is 0 Å². The lowest BCUT2D eigenvalue weighted by atomic mass is 9.99. The molecule has 110 valence electrons. The third kappa shape index (κ3) is 2.72. The Morgan fingerprint density at radius 3 is 2.62 bits per heavy atom. The van der Waals surface area contributed by atoms with Crippen LogP contribution in [0, 0.1) is 0 Å². The number of amides is 2. The minimum absolute atomic E-state index is 0.00382. The van der Waals surface area contributed by atoms with Crippen molar-refractivity contribution < 1.29 is 19.2 Å². The number of fused-ring (bicyclic) bond motifs is 1. The van der Waals surface area contributed by atoms with Gasteiger partial charge in [0, 0.05) is 20.2 Å². The molecule has 1 aliphatic rings. The summed E-state index contributed by atoms with van der Waals surface area (Å²) >= 11 is 0.942. The van der Waals surface area contributed by atoms with Gasteiger partial charge in [-0.15, -0.1) is 11.8 Å². The summed E-state index contributed by atoms with van der Waals surface area (Å²) in [7, 11) is 2.88. The van der Waals surface area contributed by atoms with Crippen molar-refractivity contribution in [3.05, 3.63) is 27.9 Å². The quantitative estimate of drug-likeness (QED) is 0.690. The molecule has 1 aromatic rings. The normalized spacial score (nSPS) is 13.5. The number of nitrogens with zero attached hydrogens (tertiary/aromatic N) is 1. The Kier molecular flexibility index (Phi) is 4.22. The van der Waals surface area contributed by atoms with E-state index in [2.05, 4.69) is 20.8 Å². The molecule has 1 aromatic heterocycles. The van der Waals surface area contributed by atoms with Gasteiger partial charge in [0.25, 0.3) is 5.91 Å². The van der Waals surface area contributed by atoms with Crippen LogP contribution in [-0.4, -0.2) is 53.4 Å². The minimum Gasteiger partial charge on any atom is -0.358 e. The molecule has 0 radical (unpaired) electrons. The van der Waals surface area contributed by atoms with Crippen molar-refractivity contribution in [2.45, 2.75) is 0 Å². The highest BCUT2D eigenvalue weighted by atomic mass is 32.2. The van der Waals surface area contributed by atoms with Crippen molar-refractivity contribution in [1.82, 2.24) is 20.8 Å². The molecule has 0 atom stereocenters. The Morgan fingerprint density at radius 1 is 1.29 bits per heavy atom. The first kappa shape index (κ1) is 15.0. The van der Waals surface area contributed by atoms with Crippen molar-refractivity contribution in [3.63, 3.8) is 0 Å². The van der Waals surface area contributed by atoms with E-state index in [-0.39, 0.29) is 33.5 Å². The summed E-state index contributed by atoms with van der Waals surface area (Å²) < 4.78 is 0. The zero-order valence-corrected chi connectivity index (χ0v) is 12.1. The van der Waals surface area contributed by atoms with Crippen molar-refractivity contribution >= 4 is 35.1 Å². The van der Waals surface area contributed by atoms with Crippen molar-refractivity contribution in [3.8, 4) is 0 Å². The van der Waals surface area contributed by atoms with Crippen LogP contribution in [0.5, 0.6) is 0 Å². The van der Waals surface area contributed by atoms with Crippen LogP contribution in [0.4, 0.5) is 0 Å². The monoisotopic (exact) mass is 308 g/mol. The molecule has 2 rings (SSSR count). The Labute approximate surface area is 123 Å². The summed E-state index contributed by atoms with van der Waals surface area (Å²) in [6.45, 7) is 0. The number of hydrogen-bond acceptors (Lipinski definition) is 6. The van der Waals surface area contributed by atoms with Crippen LogP contribution in [0.2, 0.25) is 0 Å². The zero-order valence-electron chi connectivity index (χ0n) is 11.3. The number of Topliss-reactive ketones (excluding diaryl/α,β-unsaturated/α-hetero) is 1. The van der Waals surface area contributed by atoms with Gasteiger partial charge in [-0.3, -0.25) is 24.3 Å². The van der Waals surface area contributed by atoms with Gasteiger partial charge in [-0.2, -0.15) is 5.10 Å². The summed E-state index contributed by atoms with van der Waals surface area (Å²) in [6.07, 6.45) is 1.13. The van der Waals surface area contributed by atoms with Gasteiger partial charge in [0.2, 0.25) is 17.5 Å². The maximum Gasteiger partial charge on any atom is 0.269 e. The number of aromatic amines is 1. The van der Waals surface area contributed by atoms with Crippen LogP contribution in [0.15, 0.2) is 11.0 Å². The molecule has 9 heteroatoms. The number of hydrogen-bond donors (Lipinski definition) is 3. The number of thioether (sulfide) groups is 1. The molecule has 0 fully saturated rings. The number of ketones is 2. The smallest absolute Gasteiger partial charge is 0.269 e. The molecule has 1 aliphatic carbocycles. The Bertz CT molecular complexity index is 677. The molecule has 0 aromatic carbocycles. The van der Waals surface area contributed by atoms with Gasteiger partial charge in [0.15, 0.2) is 0 Å². The van der Waals surface area contributed by atoms with Crippen molar-refractivity contribution in [2.75, 3.05) is 19.8 Å². The number of nitrogens with one attached hydrogen (secondary N) is 3. The predicted octanol–water partition coefficient (Wildman–Crippen LogP) is -0.489. The van der Waals surface area contributed by atoms with Gasteiger partial charge in [0.05, 0.1) is 16.2 Å². The molecular formula is C12H12N4O4S. The highest BCUT2D eigenvalue weighted by molar-refractivity contribution is 8.04. The van der Waals surface area contributed by atoms with Crippen LogP contribution >= 0.6 is 11.8 Å². The second-order valence-corrected chi connectivity index (χ2v) is 5.08. The van der Waals surface area contributed by atoms with Crippen LogP contribution in [0.25, 0.3) is 0 Å². The predicted molar refractivity (Wildman–Crippen MR) is 75.2 cm³/mol. The number of carbonyl (C=O) groups is 4. The molecule has 0 saturated carbocycles. The highest BCUT2D eigenvalue weighted by Crippen LogP contribution is 2.29. The largest absolute Gasteiger partial charge is 0.358 e. The average Bonchev–Trinajstić information content (AvgIpc) is 2.93. The molecule has 0 spiro atoms. The van der Waals surface area contributed by atoms with Crippen molar-refractivity contribution in [1.29, 1.82) is 0 Å². The lowest BCUT2D eigenvalue weighted by molar-refractivity contribution is -0.118. The van der Waals surface area contributed by atoms with Crippen molar-refractivity contribution in [2.24, 2.45) is 0 Å². The zero-order chi connectivity index (χ0) is 15.6. The minimum atomic E-state index is -0.539. The first-order chi connectivity index (χ1) is 9.99. The molecule has 0 bridgehead atoms. The standard InChI is InChI=1S/C12H12N4O4S/c1-13-7(18)4-21-6-3-5(17)9-8(11(6)19)10(16-15-9)12(20)14-2/h3H,4H2,1-2H3,(H,13,18)(H,14,20)(H,15,16). The summed E-state index contributed by atoms with van der Waals surface area (Å²) in [4.78, 5) is 47.3. The number of carbonyl (C=O) groups excluding carboxylic acids is 4. The first-order valence-electron chi connectivity index (χ1n) is 5.94. The Morgan fingerprint density at radius 2 is 2.00 bits per heavy atom. The maximum absolute atomic E-state index is 12.4.